The summed E-state index contributed by atoms with van der Waals surface area (Å²) in [5.74, 6) is 0.376. The van der Waals surface area contributed by atoms with Crippen molar-refractivity contribution in [3.05, 3.63) is 89.9 Å². The summed E-state index contributed by atoms with van der Waals surface area (Å²) in [7, 11) is 1.60. The molecule has 6 heteroatoms. The maximum atomic E-state index is 13.6. The first-order valence-electron chi connectivity index (χ1n) is 11.0. The van der Waals surface area contributed by atoms with Crippen LogP contribution in [-0.4, -0.2) is 29.9 Å². The summed E-state index contributed by atoms with van der Waals surface area (Å²) < 4.78 is 10.8. The number of carbonyl (C=O) groups excluding carboxylic acids is 2. The highest BCUT2D eigenvalue weighted by Gasteiger charge is 2.34. The third kappa shape index (κ3) is 5.02. The molecule has 6 nitrogen and oxygen atoms in total. The largest absolute Gasteiger partial charge is 0.497 e. The lowest BCUT2D eigenvalue weighted by atomic mass is 10.0. The third-order valence-electron chi connectivity index (χ3n) is 5.86. The van der Waals surface area contributed by atoms with Crippen LogP contribution in [0.1, 0.15) is 53.4 Å². The zero-order chi connectivity index (χ0) is 22.3. The standard InChI is InChI=1S/C26H28N2O4/c1-31-22-14-7-9-19(17-22)18-28(26(30)23-15-8-16-32-23)24(20-10-3-2-4-11-20)25(29)27-21-12-5-6-13-21/h2-4,7-11,14-17,21,24H,5-6,12-13,18H2,1H3,(H,27,29)/t24-/m0/s1. The monoisotopic (exact) mass is 432 g/mol. The summed E-state index contributed by atoms with van der Waals surface area (Å²) in [5, 5.41) is 3.18. The van der Waals surface area contributed by atoms with E-state index in [2.05, 4.69) is 5.32 Å². The van der Waals surface area contributed by atoms with Gasteiger partial charge in [0.05, 0.1) is 13.4 Å². The predicted octanol–water partition coefficient (Wildman–Crippen LogP) is 4.73. The molecule has 32 heavy (non-hydrogen) atoms. The second-order valence-electron chi connectivity index (χ2n) is 8.07. The van der Waals surface area contributed by atoms with E-state index in [1.165, 1.54) is 6.26 Å². The fraction of sp³-hybridized carbons (Fsp3) is 0.308. The molecule has 0 aliphatic heterocycles. The zero-order valence-corrected chi connectivity index (χ0v) is 18.2. The highest BCUT2D eigenvalue weighted by molar-refractivity contribution is 5.96. The van der Waals surface area contributed by atoms with Crippen molar-refractivity contribution >= 4 is 11.8 Å². The number of hydrogen-bond donors (Lipinski definition) is 1. The van der Waals surface area contributed by atoms with Crippen LogP contribution in [0.3, 0.4) is 0 Å². The SMILES string of the molecule is COc1cccc(CN(C(=O)c2ccco2)[C@H](C(=O)NC2CCCC2)c2ccccc2)c1. The summed E-state index contributed by atoms with van der Waals surface area (Å²) >= 11 is 0. The van der Waals surface area contributed by atoms with E-state index in [-0.39, 0.29) is 30.2 Å². The number of nitrogens with zero attached hydrogens (tertiary/aromatic N) is 1. The highest BCUT2D eigenvalue weighted by atomic mass is 16.5. The second kappa shape index (κ2) is 10.2. The maximum Gasteiger partial charge on any atom is 0.290 e. The Bertz CT molecular complexity index is 1030. The van der Waals surface area contributed by atoms with Crippen LogP contribution in [0.5, 0.6) is 5.75 Å². The van der Waals surface area contributed by atoms with Gasteiger partial charge >= 0.3 is 0 Å². The van der Waals surface area contributed by atoms with Crippen molar-refractivity contribution in [1.29, 1.82) is 0 Å². The minimum absolute atomic E-state index is 0.145. The molecule has 0 unspecified atom stereocenters. The lowest BCUT2D eigenvalue weighted by molar-refractivity contribution is -0.126. The fourth-order valence-corrected chi connectivity index (χ4v) is 4.25. The molecule has 0 spiro atoms. The van der Waals surface area contributed by atoms with Gasteiger partial charge in [-0.25, -0.2) is 0 Å². The number of amides is 2. The van der Waals surface area contributed by atoms with Crippen LogP contribution in [0.25, 0.3) is 0 Å². The Balaban J connectivity index is 1.72. The topological polar surface area (TPSA) is 71.8 Å². The lowest BCUT2D eigenvalue weighted by Crippen LogP contribution is -2.45. The van der Waals surface area contributed by atoms with Crippen molar-refractivity contribution in [2.75, 3.05) is 7.11 Å². The second-order valence-corrected chi connectivity index (χ2v) is 8.07. The van der Waals surface area contributed by atoms with E-state index in [9.17, 15) is 9.59 Å². The van der Waals surface area contributed by atoms with Gasteiger partial charge in [0.1, 0.15) is 11.8 Å². The Hall–Kier alpha value is -3.54. The lowest BCUT2D eigenvalue weighted by Gasteiger charge is -2.32. The van der Waals surface area contributed by atoms with E-state index in [1.54, 1.807) is 24.1 Å². The van der Waals surface area contributed by atoms with Gasteiger partial charge < -0.3 is 19.4 Å². The fourth-order valence-electron chi connectivity index (χ4n) is 4.25. The molecule has 1 aromatic heterocycles. The van der Waals surface area contributed by atoms with Gasteiger partial charge in [0, 0.05) is 12.6 Å². The van der Waals surface area contributed by atoms with Gasteiger partial charge in [-0.3, -0.25) is 9.59 Å². The molecule has 1 N–H and O–H groups in total. The van der Waals surface area contributed by atoms with Crippen LogP contribution in [0.15, 0.2) is 77.4 Å². The minimum atomic E-state index is -0.791. The molecule has 4 rings (SSSR count). The van der Waals surface area contributed by atoms with Gasteiger partial charge in [0.25, 0.3) is 5.91 Å². The number of nitrogens with one attached hydrogen (secondary N) is 1. The maximum absolute atomic E-state index is 13.6. The van der Waals surface area contributed by atoms with Crippen molar-refractivity contribution in [3.8, 4) is 5.75 Å². The first-order valence-corrected chi connectivity index (χ1v) is 11.0. The van der Waals surface area contributed by atoms with E-state index in [0.717, 1.165) is 36.8 Å². The van der Waals surface area contributed by atoms with Gasteiger partial charge in [0.2, 0.25) is 5.91 Å². The number of carbonyl (C=O) groups is 2. The van der Waals surface area contributed by atoms with Crippen molar-refractivity contribution < 1.29 is 18.7 Å². The summed E-state index contributed by atoms with van der Waals surface area (Å²) in [4.78, 5) is 28.7. The van der Waals surface area contributed by atoms with Gasteiger partial charge in [0.15, 0.2) is 5.76 Å². The molecule has 0 saturated heterocycles. The molecule has 166 valence electrons. The number of benzene rings is 2. The normalized spacial score (nSPS) is 14.7. The Morgan fingerprint density at radius 2 is 1.84 bits per heavy atom. The molecule has 0 bridgehead atoms. The molecule has 1 aliphatic rings. The Morgan fingerprint density at radius 1 is 1.06 bits per heavy atom. The molecule has 2 amide bonds. The molecule has 1 saturated carbocycles. The van der Waals surface area contributed by atoms with Crippen molar-refractivity contribution in [2.24, 2.45) is 0 Å². The van der Waals surface area contributed by atoms with Gasteiger partial charge in [-0.15, -0.1) is 0 Å². The van der Waals surface area contributed by atoms with E-state index in [0.29, 0.717) is 5.75 Å². The molecule has 2 aromatic carbocycles. The van der Waals surface area contributed by atoms with Crippen LogP contribution >= 0.6 is 0 Å². The Kier molecular flexibility index (Phi) is 6.90. The number of hydrogen-bond acceptors (Lipinski definition) is 4. The highest BCUT2D eigenvalue weighted by Crippen LogP contribution is 2.28. The summed E-state index contributed by atoms with van der Waals surface area (Å²) in [6, 6.07) is 19.6. The Labute approximate surface area is 188 Å². The van der Waals surface area contributed by atoms with E-state index in [4.69, 9.17) is 9.15 Å². The number of methoxy groups -OCH3 is 1. The van der Waals surface area contributed by atoms with E-state index in [1.807, 2.05) is 54.6 Å². The molecule has 1 fully saturated rings. The van der Waals surface area contributed by atoms with Crippen LogP contribution in [0.2, 0.25) is 0 Å². The summed E-state index contributed by atoms with van der Waals surface area (Å²) in [6.07, 6.45) is 5.62. The molecule has 1 aliphatic carbocycles. The van der Waals surface area contributed by atoms with Crippen LogP contribution in [-0.2, 0) is 11.3 Å². The van der Waals surface area contributed by atoms with Crippen molar-refractivity contribution in [1.82, 2.24) is 10.2 Å². The molecule has 3 aromatic rings. The molecular formula is C26H28N2O4. The quantitative estimate of drug-likeness (QED) is 0.559. The van der Waals surface area contributed by atoms with Crippen LogP contribution in [0, 0.1) is 0 Å². The third-order valence-corrected chi connectivity index (χ3v) is 5.86. The minimum Gasteiger partial charge on any atom is -0.497 e. The van der Waals surface area contributed by atoms with E-state index < -0.39 is 6.04 Å². The average Bonchev–Trinajstić information content (AvgIpc) is 3.54. The van der Waals surface area contributed by atoms with Gasteiger partial charge in [-0.1, -0.05) is 55.3 Å². The van der Waals surface area contributed by atoms with Gasteiger partial charge in [-0.2, -0.15) is 0 Å². The van der Waals surface area contributed by atoms with Gasteiger partial charge in [-0.05, 0) is 48.2 Å². The van der Waals surface area contributed by atoms with Crippen LogP contribution in [0.4, 0.5) is 0 Å². The number of ether oxygens (including phenoxy) is 1. The first kappa shape index (κ1) is 21.7. The summed E-state index contributed by atoms with van der Waals surface area (Å²) in [6.45, 7) is 0.231. The number of furan rings is 1. The molecule has 0 radical (unpaired) electrons. The van der Waals surface area contributed by atoms with Crippen molar-refractivity contribution in [3.63, 3.8) is 0 Å². The zero-order valence-electron chi connectivity index (χ0n) is 18.2. The molecular weight excluding hydrogens is 404 g/mol. The molecule has 1 heterocycles. The van der Waals surface area contributed by atoms with E-state index >= 15 is 0 Å². The number of rotatable bonds is 8. The predicted molar refractivity (Wildman–Crippen MR) is 121 cm³/mol. The molecule has 1 atom stereocenters. The first-order chi connectivity index (χ1) is 15.7. The summed E-state index contributed by atoms with van der Waals surface area (Å²) in [5.41, 5.74) is 1.62. The van der Waals surface area contributed by atoms with Crippen LogP contribution < -0.4 is 10.1 Å². The smallest absolute Gasteiger partial charge is 0.290 e. The average molecular weight is 433 g/mol. The Morgan fingerprint density at radius 3 is 2.53 bits per heavy atom. The van der Waals surface area contributed by atoms with Crippen molar-refractivity contribution in [2.45, 2.75) is 44.3 Å².